The minimum Gasteiger partial charge on any atom is -0.497 e. The lowest BCUT2D eigenvalue weighted by molar-refractivity contribution is 0.415. The highest BCUT2D eigenvalue weighted by Gasteiger charge is 2.42. The number of aromatic nitrogens is 3. The van der Waals surface area contributed by atoms with Gasteiger partial charge in [-0.3, -0.25) is 4.98 Å². The van der Waals surface area contributed by atoms with E-state index < -0.39 is 0 Å². The molecule has 7 heteroatoms. The van der Waals surface area contributed by atoms with Gasteiger partial charge in [-0.2, -0.15) is 0 Å². The van der Waals surface area contributed by atoms with Crippen LogP contribution in [0.1, 0.15) is 29.0 Å². The molecule has 3 aromatic heterocycles. The van der Waals surface area contributed by atoms with Crippen LogP contribution in [-0.2, 0) is 0 Å². The van der Waals surface area contributed by atoms with Crippen LogP contribution in [0.25, 0.3) is 5.82 Å². The maximum absolute atomic E-state index is 5.82. The van der Waals surface area contributed by atoms with E-state index in [1.807, 2.05) is 80.1 Å². The lowest BCUT2D eigenvalue weighted by Gasteiger charge is -2.29. The number of nitrogens with one attached hydrogen (secondary N) is 1. The molecule has 1 aromatic carbocycles. The van der Waals surface area contributed by atoms with Crippen molar-refractivity contribution in [2.75, 3.05) is 12.0 Å². The van der Waals surface area contributed by atoms with Crippen molar-refractivity contribution in [1.29, 1.82) is 0 Å². The number of thiocarbonyl (C=S) groups is 1. The second-order valence-corrected chi connectivity index (χ2v) is 8.08. The first-order valence-electron chi connectivity index (χ1n) is 10.4. The van der Waals surface area contributed by atoms with E-state index in [-0.39, 0.29) is 12.1 Å². The van der Waals surface area contributed by atoms with Crippen LogP contribution >= 0.6 is 12.2 Å². The minimum atomic E-state index is -0.121. The summed E-state index contributed by atoms with van der Waals surface area (Å²) in [6, 6.07) is 21.9. The molecule has 4 aromatic rings. The Hall–Kier alpha value is -3.71. The van der Waals surface area contributed by atoms with Crippen LogP contribution in [0.5, 0.6) is 5.75 Å². The number of hydrogen-bond acceptors (Lipinski definition) is 4. The summed E-state index contributed by atoms with van der Waals surface area (Å²) in [5.74, 6) is 1.67. The Labute approximate surface area is 192 Å². The van der Waals surface area contributed by atoms with Crippen molar-refractivity contribution in [3.05, 3.63) is 102 Å². The van der Waals surface area contributed by atoms with Gasteiger partial charge < -0.3 is 19.5 Å². The largest absolute Gasteiger partial charge is 0.497 e. The van der Waals surface area contributed by atoms with E-state index in [0.29, 0.717) is 5.11 Å². The fourth-order valence-corrected chi connectivity index (χ4v) is 4.47. The summed E-state index contributed by atoms with van der Waals surface area (Å²) in [7, 11) is 1.67. The van der Waals surface area contributed by atoms with E-state index in [1.54, 1.807) is 7.11 Å². The summed E-state index contributed by atoms with van der Waals surface area (Å²) in [5.41, 5.74) is 4.11. The highest BCUT2D eigenvalue weighted by molar-refractivity contribution is 7.80. The molecule has 0 bridgehead atoms. The van der Waals surface area contributed by atoms with E-state index in [2.05, 4.69) is 36.9 Å². The molecular weight excluding hydrogens is 418 g/mol. The summed E-state index contributed by atoms with van der Waals surface area (Å²) in [6.45, 7) is 2.04. The van der Waals surface area contributed by atoms with E-state index in [9.17, 15) is 0 Å². The SMILES string of the molecule is COc1ccc(N2C(=S)N[C@H](c3ccccn3)[C@@H]2c2cccn2-c2ccc(C)cn2)cc1. The highest BCUT2D eigenvalue weighted by Crippen LogP contribution is 2.42. The number of rotatable bonds is 5. The number of methoxy groups -OCH3 is 1. The van der Waals surface area contributed by atoms with Gasteiger partial charge in [0.05, 0.1) is 18.8 Å². The highest BCUT2D eigenvalue weighted by atomic mass is 32.1. The summed E-state index contributed by atoms with van der Waals surface area (Å²) in [5, 5.41) is 4.16. The van der Waals surface area contributed by atoms with Crippen molar-refractivity contribution in [2.24, 2.45) is 0 Å². The molecule has 1 aliphatic heterocycles. The molecule has 5 rings (SSSR count). The number of anilines is 1. The smallest absolute Gasteiger partial charge is 0.174 e. The van der Waals surface area contributed by atoms with Crippen LogP contribution < -0.4 is 15.0 Å². The lowest BCUT2D eigenvalue weighted by atomic mass is 10.0. The van der Waals surface area contributed by atoms with Crippen molar-refractivity contribution in [2.45, 2.75) is 19.0 Å². The number of aryl methyl sites for hydroxylation is 1. The summed E-state index contributed by atoms with van der Waals surface area (Å²) >= 11 is 5.82. The molecule has 4 heterocycles. The van der Waals surface area contributed by atoms with Gasteiger partial charge in [0.1, 0.15) is 17.6 Å². The van der Waals surface area contributed by atoms with Crippen LogP contribution in [0.3, 0.4) is 0 Å². The van der Waals surface area contributed by atoms with Gasteiger partial charge in [-0.25, -0.2) is 4.98 Å². The number of pyridine rings is 2. The second kappa shape index (κ2) is 8.43. The molecule has 1 aliphatic rings. The first-order valence-corrected chi connectivity index (χ1v) is 10.8. The number of ether oxygens (including phenoxy) is 1. The molecule has 32 heavy (non-hydrogen) atoms. The van der Waals surface area contributed by atoms with Crippen molar-refractivity contribution in [1.82, 2.24) is 19.9 Å². The lowest BCUT2D eigenvalue weighted by Crippen LogP contribution is -2.30. The minimum absolute atomic E-state index is 0.120. The second-order valence-electron chi connectivity index (χ2n) is 7.69. The molecule has 0 spiro atoms. The summed E-state index contributed by atoms with van der Waals surface area (Å²) < 4.78 is 7.46. The van der Waals surface area contributed by atoms with E-state index in [1.165, 1.54) is 0 Å². The van der Waals surface area contributed by atoms with Crippen LogP contribution in [0.2, 0.25) is 0 Å². The zero-order valence-electron chi connectivity index (χ0n) is 17.8. The Morgan fingerprint density at radius 2 is 1.81 bits per heavy atom. The Morgan fingerprint density at radius 3 is 2.50 bits per heavy atom. The molecule has 0 radical (unpaired) electrons. The van der Waals surface area contributed by atoms with Gasteiger partial charge in [0.15, 0.2) is 5.11 Å². The van der Waals surface area contributed by atoms with Gasteiger partial charge in [-0.15, -0.1) is 0 Å². The fraction of sp³-hybridized carbons (Fsp3) is 0.160. The predicted molar refractivity (Wildman–Crippen MR) is 129 cm³/mol. The third-order valence-electron chi connectivity index (χ3n) is 5.67. The van der Waals surface area contributed by atoms with Gasteiger partial charge in [-0.05, 0) is 79.3 Å². The Kier molecular flexibility index (Phi) is 5.33. The van der Waals surface area contributed by atoms with Crippen LogP contribution in [0, 0.1) is 6.92 Å². The Balaban J connectivity index is 1.64. The number of benzene rings is 1. The van der Waals surface area contributed by atoms with E-state index in [0.717, 1.165) is 34.2 Å². The molecule has 1 saturated heterocycles. The topological polar surface area (TPSA) is 55.2 Å². The molecule has 0 amide bonds. The molecule has 6 nitrogen and oxygen atoms in total. The van der Waals surface area contributed by atoms with Gasteiger partial charge in [0.2, 0.25) is 0 Å². The molecule has 1 N–H and O–H groups in total. The van der Waals surface area contributed by atoms with Crippen molar-refractivity contribution >= 4 is 23.0 Å². The average molecular weight is 442 g/mol. The molecule has 0 unspecified atom stereocenters. The van der Waals surface area contributed by atoms with E-state index >= 15 is 0 Å². The zero-order chi connectivity index (χ0) is 22.1. The molecule has 0 saturated carbocycles. The maximum atomic E-state index is 5.82. The average Bonchev–Trinajstić information content (AvgIpc) is 3.44. The Bertz CT molecular complexity index is 1220. The molecule has 1 fully saturated rings. The molecular formula is C25H23N5OS. The van der Waals surface area contributed by atoms with Gasteiger partial charge in [0, 0.05) is 30.0 Å². The normalized spacial score (nSPS) is 17.9. The Morgan fingerprint density at radius 1 is 0.969 bits per heavy atom. The van der Waals surface area contributed by atoms with Crippen molar-refractivity contribution in [3.8, 4) is 11.6 Å². The maximum Gasteiger partial charge on any atom is 0.174 e. The van der Waals surface area contributed by atoms with E-state index in [4.69, 9.17) is 17.0 Å². The van der Waals surface area contributed by atoms with Crippen molar-refractivity contribution < 1.29 is 4.74 Å². The van der Waals surface area contributed by atoms with Crippen LogP contribution in [-0.4, -0.2) is 26.8 Å². The molecule has 160 valence electrons. The molecule has 0 aliphatic carbocycles. The third-order valence-corrected chi connectivity index (χ3v) is 5.99. The van der Waals surface area contributed by atoms with Gasteiger partial charge in [0.25, 0.3) is 0 Å². The quantitative estimate of drug-likeness (QED) is 0.451. The number of nitrogens with zero attached hydrogens (tertiary/aromatic N) is 4. The summed E-state index contributed by atoms with van der Waals surface area (Å²) in [6.07, 6.45) is 5.73. The fourth-order valence-electron chi connectivity index (χ4n) is 4.12. The van der Waals surface area contributed by atoms with Gasteiger partial charge >= 0.3 is 0 Å². The zero-order valence-corrected chi connectivity index (χ0v) is 18.7. The monoisotopic (exact) mass is 441 g/mol. The third kappa shape index (κ3) is 3.61. The van der Waals surface area contributed by atoms with Crippen LogP contribution in [0.15, 0.2) is 85.3 Å². The van der Waals surface area contributed by atoms with Crippen molar-refractivity contribution in [3.63, 3.8) is 0 Å². The summed E-state index contributed by atoms with van der Waals surface area (Å²) in [4.78, 5) is 11.4. The number of hydrogen-bond donors (Lipinski definition) is 1. The molecule has 2 atom stereocenters. The first kappa shape index (κ1) is 20.2. The van der Waals surface area contributed by atoms with Gasteiger partial charge in [-0.1, -0.05) is 12.1 Å². The first-order chi connectivity index (χ1) is 15.7. The standard InChI is InChI=1S/C25H23N5OS/c1-17-8-13-22(27-16-17)29-15-5-7-21(29)24-23(20-6-3-4-14-26-20)28-25(32)30(24)18-9-11-19(31-2)12-10-18/h3-16,23-24H,1-2H3,(H,28,32)/t23-,24+/m1/s1. The predicted octanol–water partition coefficient (Wildman–Crippen LogP) is 4.76. The van der Waals surface area contributed by atoms with Crippen LogP contribution in [0.4, 0.5) is 5.69 Å².